The van der Waals surface area contributed by atoms with E-state index in [2.05, 4.69) is 102 Å². The summed E-state index contributed by atoms with van der Waals surface area (Å²) >= 11 is 0. The molecule has 2 saturated carbocycles. The standard InChI is InChI=1S/2C20H31N.C5H4N2O4/c2*1-14(2)15-6-8-17-16(12-15)7-9-18-19(3,13-21)10-5-11-20(17,18)4;8-4(9)2-3(5(10)11)7-1-6-2/h2*6,8,12,14,18H,5,7,9-11,13,21H2,1-4H3;1H,(H,6,7)(H,8,9)(H,10,11)/t2*18-,19-,20+;/m00./s1. The normalized spacial score (nSPS) is 30.0. The molecule has 6 atom stereocenters. The summed E-state index contributed by atoms with van der Waals surface area (Å²) in [5.41, 5.74) is 22.3. The molecule has 0 saturated heterocycles. The Morgan fingerprint density at radius 3 is 1.51 bits per heavy atom. The van der Waals surface area contributed by atoms with Crippen molar-refractivity contribution in [3.63, 3.8) is 0 Å². The van der Waals surface area contributed by atoms with Crippen molar-refractivity contribution in [1.29, 1.82) is 0 Å². The Morgan fingerprint density at radius 2 is 1.17 bits per heavy atom. The first kappa shape index (κ1) is 40.7. The highest BCUT2D eigenvalue weighted by atomic mass is 16.4. The van der Waals surface area contributed by atoms with Gasteiger partial charge in [-0.1, -0.05) is 105 Å². The summed E-state index contributed by atoms with van der Waals surface area (Å²) in [5, 5.41) is 16.7. The molecule has 0 spiro atoms. The quantitative estimate of drug-likeness (QED) is 0.170. The van der Waals surface area contributed by atoms with E-state index in [0.717, 1.165) is 31.3 Å². The lowest BCUT2D eigenvalue weighted by Gasteiger charge is -2.55. The number of carboxylic acids is 2. The van der Waals surface area contributed by atoms with Crippen LogP contribution in [0.2, 0.25) is 0 Å². The van der Waals surface area contributed by atoms with Gasteiger partial charge in [-0.2, -0.15) is 0 Å². The average molecular weight is 727 g/mol. The van der Waals surface area contributed by atoms with Crippen LogP contribution in [0.25, 0.3) is 0 Å². The highest BCUT2D eigenvalue weighted by molar-refractivity contribution is 5.98. The number of nitrogens with one attached hydrogen (secondary N) is 1. The van der Waals surface area contributed by atoms with E-state index in [-0.39, 0.29) is 0 Å². The van der Waals surface area contributed by atoms with Crippen molar-refractivity contribution < 1.29 is 19.8 Å². The minimum absolute atomic E-state index is 0.335. The summed E-state index contributed by atoms with van der Waals surface area (Å²) in [6.45, 7) is 20.7. The maximum atomic E-state index is 10.3. The van der Waals surface area contributed by atoms with Gasteiger partial charge in [0.05, 0.1) is 6.33 Å². The minimum atomic E-state index is -1.36. The lowest BCUT2D eigenvalue weighted by Crippen LogP contribution is -2.51. The number of nitrogens with zero attached hydrogens (tertiary/aromatic N) is 1. The monoisotopic (exact) mass is 727 g/mol. The van der Waals surface area contributed by atoms with Gasteiger partial charge in [0, 0.05) is 0 Å². The van der Waals surface area contributed by atoms with E-state index in [0.29, 0.717) is 33.5 Å². The number of hydrogen-bond donors (Lipinski definition) is 5. The molecule has 7 N–H and O–H groups in total. The van der Waals surface area contributed by atoms with Crippen LogP contribution in [-0.2, 0) is 23.7 Å². The highest BCUT2D eigenvalue weighted by Crippen LogP contribution is 2.58. The zero-order chi connectivity index (χ0) is 38.9. The first-order chi connectivity index (χ1) is 24.9. The number of fused-ring (bicyclic) bond motifs is 6. The summed E-state index contributed by atoms with van der Waals surface area (Å²) < 4.78 is 0. The third kappa shape index (κ3) is 7.73. The second-order valence-corrected chi connectivity index (χ2v) is 18.3. The lowest BCUT2D eigenvalue weighted by molar-refractivity contribution is 0.0325. The number of imidazole rings is 1. The zero-order valence-corrected chi connectivity index (χ0v) is 33.6. The topological polar surface area (TPSA) is 155 Å². The molecule has 8 nitrogen and oxygen atoms in total. The maximum Gasteiger partial charge on any atom is 0.357 e. The number of rotatable bonds is 6. The first-order valence-corrected chi connectivity index (χ1v) is 20.1. The van der Waals surface area contributed by atoms with Crippen LogP contribution in [0.3, 0.4) is 0 Å². The van der Waals surface area contributed by atoms with E-state index in [4.69, 9.17) is 21.7 Å². The van der Waals surface area contributed by atoms with Crippen LogP contribution in [0.1, 0.15) is 173 Å². The second-order valence-electron chi connectivity index (χ2n) is 18.3. The van der Waals surface area contributed by atoms with Crippen LogP contribution in [0.5, 0.6) is 0 Å². The van der Waals surface area contributed by atoms with Crippen LogP contribution in [0.15, 0.2) is 42.7 Å². The molecule has 4 aliphatic rings. The average Bonchev–Trinajstić information content (AvgIpc) is 3.63. The fraction of sp³-hybridized carbons (Fsp3) is 0.622. The molecule has 7 rings (SSSR count). The molecule has 3 aromatic rings. The molecule has 0 amide bonds. The predicted molar refractivity (Wildman–Crippen MR) is 214 cm³/mol. The number of aromatic amines is 1. The van der Waals surface area contributed by atoms with Crippen molar-refractivity contribution >= 4 is 11.9 Å². The van der Waals surface area contributed by atoms with Gasteiger partial charge in [-0.25, -0.2) is 14.6 Å². The van der Waals surface area contributed by atoms with Crippen molar-refractivity contribution in [2.24, 2.45) is 34.1 Å². The third-order valence-corrected chi connectivity index (χ3v) is 14.3. The second kappa shape index (κ2) is 15.7. The first-order valence-electron chi connectivity index (χ1n) is 20.1. The van der Waals surface area contributed by atoms with Gasteiger partial charge in [0.15, 0.2) is 11.4 Å². The molecule has 1 aromatic heterocycles. The largest absolute Gasteiger partial charge is 0.477 e. The number of carbonyl (C=O) groups is 2. The molecule has 4 aliphatic carbocycles. The van der Waals surface area contributed by atoms with E-state index in [9.17, 15) is 9.59 Å². The van der Waals surface area contributed by atoms with Crippen molar-refractivity contribution in [1.82, 2.24) is 9.97 Å². The van der Waals surface area contributed by atoms with Crippen molar-refractivity contribution in [3.05, 3.63) is 87.5 Å². The Morgan fingerprint density at radius 1 is 0.736 bits per heavy atom. The zero-order valence-electron chi connectivity index (χ0n) is 33.6. The van der Waals surface area contributed by atoms with Gasteiger partial charge in [-0.15, -0.1) is 0 Å². The molecule has 0 radical (unpaired) electrons. The van der Waals surface area contributed by atoms with E-state index in [1.54, 1.807) is 22.3 Å². The summed E-state index contributed by atoms with van der Waals surface area (Å²) in [7, 11) is 0. The molecular formula is C45H66N4O4. The summed E-state index contributed by atoms with van der Waals surface area (Å²) in [6.07, 6.45) is 14.1. The van der Waals surface area contributed by atoms with Gasteiger partial charge in [0.1, 0.15) is 0 Å². The molecular weight excluding hydrogens is 661 g/mol. The van der Waals surface area contributed by atoms with E-state index < -0.39 is 23.3 Å². The number of benzene rings is 2. The van der Waals surface area contributed by atoms with E-state index >= 15 is 0 Å². The van der Waals surface area contributed by atoms with E-state index in [1.165, 1.54) is 75.3 Å². The van der Waals surface area contributed by atoms with Crippen molar-refractivity contribution in [3.8, 4) is 0 Å². The summed E-state index contributed by atoms with van der Waals surface area (Å²) in [5.74, 6) is 0.0637. The fourth-order valence-corrected chi connectivity index (χ4v) is 11.1. The lowest BCUT2D eigenvalue weighted by atomic mass is 9.50. The Bertz CT molecular complexity index is 1660. The molecule has 8 heteroatoms. The van der Waals surface area contributed by atoms with Gasteiger partial charge in [-0.3, -0.25) is 0 Å². The maximum absolute atomic E-state index is 10.3. The molecule has 2 fully saturated rings. The Kier molecular flexibility index (Phi) is 12.1. The number of aryl methyl sites for hydroxylation is 2. The number of aromatic carboxylic acids is 2. The molecule has 53 heavy (non-hydrogen) atoms. The number of aromatic nitrogens is 2. The Hall–Kier alpha value is -3.49. The number of carboxylic acid groups (broad SMARTS) is 2. The molecule has 1 heterocycles. The summed E-state index contributed by atoms with van der Waals surface area (Å²) in [6, 6.07) is 14.6. The number of hydrogen-bond acceptors (Lipinski definition) is 5. The Labute approximate surface area is 318 Å². The summed E-state index contributed by atoms with van der Waals surface area (Å²) in [4.78, 5) is 26.0. The van der Waals surface area contributed by atoms with Gasteiger partial charge in [-0.05, 0) is 143 Å². The molecule has 290 valence electrons. The molecule has 0 bridgehead atoms. The molecule has 0 aliphatic heterocycles. The van der Waals surface area contributed by atoms with Crippen LogP contribution >= 0.6 is 0 Å². The minimum Gasteiger partial charge on any atom is -0.477 e. The van der Waals surface area contributed by atoms with E-state index in [1.807, 2.05) is 0 Å². The van der Waals surface area contributed by atoms with Crippen molar-refractivity contribution in [2.45, 2.75) is 142 Å². The predicted octanol–water partition coefficient (Wildman–Crippen LogP) is 9.36. The number of H-pyrrole nitrogens is 1. The third-order valence-electron chi connectivity index (χ3n) is 14.3. The SMILES string of the molecule is CC(C)c1ccc2c(c1)CC[C@H]1[C@](C)(CN)CCC[C@]21C.CC(C)c1ccc2c(c1)CC[C@H]1[C@](C)(CN)CCC[C@]21C.O=C(O)c1nc[nH]c1C(=O)O. The Balaban J connectivity index is 0.000000161. The highest BCUT2D eigenvalue weighted by Gasteiger charge is 2.52. The van der Waals surface area contributed by atoms with Crippen LogP contribution in [-0.4, -0.2) is 45.2 Å². The van der Waals surface area contributed by atoms with Gasteiger partial charge in [0.2, 0.25) is 0 Å². The van der Waals surface area contributed by atoms with Crippen molar-refractivity contribution in [2.75, 3.05) is 13.1 Å². The van der Waals surface area contributed by atoms with Crippen LogP contribution in [0, 0.1) is 22.7 Å². The fourth-order valence-electron chi connectivity index (χ4n) is 11.1. The smallest absolute Gasteiger partial charge is 0.357 e. The van der Waals surface area contributed by atoms with Gasteiger partial charge >= 0.3 is 11.9 Å². The van der Waals surface area contributed by atoms with Gasteiger partial charge in [0.25, 0.3) is 0 Å². The van der Waals surface area contributed by atoms with Crippen LogP contribution in [0.4, 0.5) is 0 Å². The van der Waals surface area contributed by atoms with Crippen LogP contribution < -0.4 is 11.5 Å². The number of nitrogens with two attached hydrogens (primary N) is 2. The van der Waals surface area contributed by atoms with Gasteiger partial charge < -0.3 is 26.7 Å². The molecule has 2 aromatic carbocycles. The molecule has 0 unspecified atom stereocenters.